The van der Waals surface area contributed by atoms with E-state index in [9.17, 15) is 4.79 Å². The Morgan fingerprint density at radius 2 is 1.93 bits per heavy atom. The number of ether oxygens (including phenoxy) is 1. The molecule has 1 aromatic heterocycles. The summed E-state index contributed by atoms with van der Waals surface area (Å²) in [5.41, 5.74) is 1.74. The first-order chi connectivity index (χ1) is 13.2. The van der Waals surface area contributed by atoms with Gasteiger partial charge in [-0.05, 0) is 36.5 Å². The lowest BCUT2D eigenvalue weighted by Crippen LogP contribution is -2.33. The molecule has 6 nitrogen and oxygen atoms in total. The average Bonchev–Trinajstić information content (AvgIpc) is 3.43. The van der Waals surface area contributed by atoms with Crippen molar-refractivity contribution in [3.8, 4) is 17.5 Å². The molecular weight excluding hydrogens is 366 g/mol. The molecule has 1 fully saturated rings. The Morgan fingerprint density at radius 1 is 1.19 bits per heavy atom. The highest BCUT2D eigenvalue weighted by Gasteiger charge is 2.33. The quantitative estimate of drug-likeness (QED) is 0.666. The summed E-state index contributed by atoms with van der Waals surface area (Å²) in [7, 11) is 0. The van der Waals surface area contributed by atoms with E-state index in [0.717, 1.165) is 18.4 Å². The van der Waals surface area contributed by atoms with E-state index < -0.39 is 0 Å². The molecule has 138 valence electrons. The number of nitrogens with one attached hydrogen (secondary N) is 1. The molecule has 3 aromatic rings. The molecule has 1 aliphatic carbocycles. The van der Waals surface area contributed by atoms with Crippen molar-refractivity contribution >= 4 is 17.5 Å². The average molecular weight is 384 g/mol. The van der Waals surface area contributed by atoms with E-state index in [1.165, 1.54) is 0 Å². The second-order valence-electron chi connectivity index (χ2n) is 6.45. The van der Waals surface area contributed by atoms with Crippen molar-refractivity contribution < 1.29 is 14.1 Å². The standard InChI is InChI=1S/C20H18ClN3O3/c21-16-9-5-4-8-15(16)19-23-20(27-24-19)26-12-17(25)22-18(14-10-11-14)13-6-2-1-3-7-13/h1-9,14,18H,10-12H2,(H,22,25). The van der Waals surface area contributed by atoms with Gasteiger partial charge in [-0.25, -0.2) is 0 Å². The summed E-state index contributed by atoms with van der Waals surface area (Å²) in [6, 6.07) is 17.1. The maximum atomic E-state index is 12.3. The van der Waals surface area contributed by atoms with Gasteiger partial charge in [0.1, 0.15) is 0 Å². The van der Waals surface area contributed by atoms with E-state index in [0.29, 0.717) is 22.3 Å². The molecule has 2 aromatic carbocycles. The van der Waals surface area contributed by atoms with Crippen molar-refractivity contribution in [3.63, 3.8) is 0 Å². The highest BCUT2D eigenvalue weighted by molar-refractivity contribution is 6.33. The zero-order valence-electron chi connectivity index (χ0n) is 14.5. The molecule has 1 heterocycles. The van der Waals surface area contributed by atoms with E-state index in [1.807, 2.05) is 42.5 Å². The van der Waals surface area contributed by atoms with Crippen LogP contribution < -0.4 is 10.1 Å². The van der Waals surface area contributed by atoms with E-state index in [-0.39, 0.29) is 24.6 Å². The van der Waals surface area contributed by atoms with Gasteiger partial charge in [0, 0.05) is 5.56 Å². The summed E-state index contributed by atoms with van der Waals surface area (Å²) in [4.78, 5) is 16.4. The SMILES string of the molecule is O=C(COc1nc(-c2ccccc2Cl)no1)NC(c1ccccc1)C1CC1. The molecule has 0 aliphatic heterocycles. The zero-order chi connectivity index (χ0) is 18.6. The number of aromatic nitrogens is 2. The molecule has 0 radical (unpaired) electrons. The summed E-state index contributed by atoms with van der Waals surface area (Å²) in [5.74, 6) is 0.566. The number of hydrogen-bond acceptors (Lipinski definition) is 5. The van der Waals surface area contributed by atoms with Crippen LogP contribution in [0, 0.1) is 5.92 Å². The molecule has 1 N–H and O–H groups in total. The van der Waals surface area contributed by atoms with Gasteiger partial charge in [0.2, 0.25) is 5.82 Å². The van der Waals surface area contributed by atoms with E-state index in [4.69, 9.17) is 20.9 Å². The van der Waals surface area contributed by atoms with Crippen LogP contribution in [-0.2, 0) is 4.79 Å². The van der Waals surface area contributed by atoms with E-state index in [1.54, 1.807) is 12.1 Å². The molecule has 0 bridgehead atoms. The zero-order valence-corrected chi connectivity index (χ0v) is 15.2. The predicted octanol–water partition coefficient (Wildman–Crippen LogP) is 4.04. The van der Waals surface area contributed by atoms with Crippen LogP contribution in [0.5, 0.6) is 6.08 Å². The topological polar surface area (TPSA) is 77.2 Å². The molecule has 0 spiro atoms. The highest BCUT2D eigenvalue weighted by Crippen LogP contribution is 2.40. The molecule has 27 heavy (non-hydrogen) atoms. The Labute approximate surface area is 161 Å². The normalized spacial score (nSPS) is 14.6. The van der Waals surface area contributed by atoms with Gasteiger partial charge in [-0.1, -0.05) is 59.2 Å². The van der Waals surface area contributed by atoms with Crippen LogP contribution in [0.25, 0.3) is 11.4 Å². The summed E-state index contributed by atoms with van der Waals surface area (Å²) in [6.07, 6.45) is 2.17. The Balaban J connectivity index is 1.36. The first kappa shape index (κ1) is 17.5. The fourth-order valence-corrected chi connectivity index (χ4v) is 3.15. The number of hydrogen-bond donors (Lipinski definition) is 1. The van der Waals surface area contributed by atoms with Gasteiger partial charge in [0.25, 0.3) is 5.91 Å². The van der Waals surface area contributed by atoms with E-state index in [2.05, 4.69) is 15.5 Å². The van der Waals surface area contributed by atoms with Crippen LogP contribution in [0.15, 0.2) is 59.1 Å². The number of nitrogens with zero attached hydrogens (tertiary/aromatic N) is 2. The lowest BCUT2D eigenvalue weighted by Gasteiger charge is -2.18. The number of carbonyl (C=O) groups is 1. The number of benzene rings is 2. The van der Waals surface area contributed by atoms with Gasteiger partial charge in [-0.2, -0.15) is 4.98 Å². The van der Waals surface area contributed by atoms with Crippen molar-refractivity contribution in [2.75, 3.05) is 6.61 Å². The lowest BCUT2D eigenvalue weighted by molar-refractivity contribution is -0.124. The largest absolute Gasteiger partial charge is 0.439 e. The summed E-state index contributed by atoms with van der Waals surface area (Å²) in [5, 5.41) is 7.39. The predicted molar refractivity (Wildman–Crippen MR) is 100 cm³/mol. The molecule has 4 rings (SSSR count). The van der Waals surface area contributed by atoms with Gasteiger partial charge in [-0.3, -0.25) is 9.32 Å². The maximum Gasteiger partial charge on any atom is 0.418 e. The molecular formula is C20H18ClN3O3. The highest BCUT2D eigenvalue weighted by atomic mass is 35.5. The van der Waals surface area contributed by atoms with Gasteiger partial charge in [0.15, 0.2) is 6.61 Å². The van der Waals surface area contributed by atoms with Crippen LogP contribution >= 0.6 is 11.6 Å². The van der Waals surface area contributed by atoms with Crippen LogP contribution in [-0.4, -0.2) is 22.7 Å². The van der Waals surface area contributed by atoms with Crippen molar-refractivity contribution in [2.45, 2.75) is 18.9 Å². The molecule has 1 unspecified atom stereocenters. The van der Waals surface area contributed by atoms with Gasteiger partial charge in [-0.15, -0.1) is 0 Å². The maximum absolute atomic E-state index is 12.3. The molecule has 1 atom stereocenters. The van der Waals surface area contributed by atoms with Crippen molar-refractivity contribution in [2.24, 2.45) is 5.92 Å². The third-order valence-electron chi connectivity index (χ3n) is 4.42. The minimum atomic E-state index is -0.228. The minimum Gasteiger partial charge on any atom is -0.439 e. The Bertz CT molecular complexity index is 925. The minimum absolute atomic E-state index is 0.00340. The molecule has 1 saturated carbocycles. The smallest absolute Gasteiger partial charge is 0.418 e. The van der Waals surface area contributed by atoms with Gasteiger partial charge >= 0.3 is 6.08 Å². The number of amides is 1. The number of halogens is 1. The Hall–Kier alpha value is -2.86. The van der Waals surface area contributed by atoms with Crippen molar-refractivity contribution in [1.82, 2.24) is 15.5 Å². The summed E-state index contributed by atoms with van der Waals surface area (Å²) in [6.45, 7) is -0.194. The van der Waals surface area contributed by atoms with Crippen molar-refractivity contribution in [1.29, 1.82) is 0 Å². The number of carbonyl (C=O) groups excluding carboxylic acids is 1. The Kier molecular flexibility index (Phi) is 5.07. The lowest BCUT2D eigenvalue weighted by atomic mass is 10.0. The summed E-state index contributed by atoms with van der Waals surface area (Å²) >= 11 is 6.12. The third-order valence-corrected chi connectivity index (χ3v) is 4.75. The van der Waals surface area contributed by atoms with Crippen LogP contribution in [0.3, 0.4) is 0 Å². The monoisotopic (exact) mass is 383 g/mol. The molecule has 7 heteroatoms. The summed E-state index contributed by atoms with van der Waals surface area (Å²) < 4.78 is 10.4. The molecule has 1 aliphatic rings. The first-order valence-corrected chi connectivity index (χ1v) is 9.14. The molecule has 1 amide bonds. The van der Waals surface area contributed by atoms with Crippen LogP contribution in [0.1, 0.15) is 24.4 Å². The van der Waals surface area contributed by atoms with Crippen LogP contribution in [0.4, 0.5) is 0 Å². The van der Waals surface area contributed by atoms with Crippen molar-refractivity contribution in [3.05, 3.63) is 65.2 Å². The molecule has 0 saturated heterocycles. The first-order valence-electron chi connectivity index (χ1n) is 8.76. The Morgan fingerprint density at radius 3 is 2.67 bits per heavy atom. The second-order valence-corrected chi connectivity index (χ2v) is 6.85. The fourth-order valence-electron chi connectivity index (χ4n) is 2.93. The third kappa shape index (κ3) is 4.28. The van der Waals surface area contributed by atoms with Crippen LogP contribution in [0.2, 0.25) is 5.02 Å². The van der Waals surface area contributed by atoms with Gasteiger partial charge in [0.05, 0.1) is 11.1 Å². The van der Waals surface area contributed by atoms with Gasteiger partial charge < -0.3 is 10.1 Å². The second kappa shape index (κ2) is 7.80. The number of rotatable bonds is 7. The van der Waals surface area contributed by atoms with E-state index >= 15 is 0 Å². The fraction of sp³-hybridized carbons (Fsp3) is 0.250.